The molecular weight excluding hydrogens is 400 g/mol. The number of esters is 2. The molecule has 0 aromatic carbocycles. The molecule has 0 aliphatic rings. The molecule has 4 nitrogen and oxygen atoms in total. The lowest BCUT2D eigenvalue weighted by Gasteiger charge is -2.10. The minimum Gasteiger partial charge on any atom is -0.463 e. The molecule has 0 fully saturated rings. The highest BCUT2D eigenvalue weighted by Crippen LogP contribution is 2.13. The molecule has 0 aromatic rings. The molecule has 2 atom stereocenters. The number of rotatable bonds is 22. The Labute approximate surface area is 198 Å². The quantitative estimate of drug-likeness (QED) is 0.0938. The third-order valence-corrected chi connectivity index (χ3v) is 6.00. The third kappa shape index (κ3) is 21.9. The summed E-state index contributed by atoms with van der Waals surface area (Å²) in [4.78, 5) is 23.2. The van der Waals surface area contributed by atoms with Crippen molar-refractivity contribution >= 4 is 11.9 Å². The molecule has 32 heavy (non-hydrogen) atoms. The molecule has 0 saturated carbocycles. The average molecular weight is 453 g/mol. The maximum atomic E-state index is 11.6. The Kier molecular flexibility index (Phi) is 21.9. The summed E-state index contributed by atoms with van der Waals surface area (Å²) in [5.41, 5.74) is 0. The van der Waals surface area contributed by atoms with Crippen LogP contribution < -0.4 is 0 Å². The third-order valence-electron chi connectivity index (χ3n) is 6.00. The van der Waals surface area contributed by atoms with Crippen LogP contribution in [0.2, 0.25) is 0 Å². The number of ether oxygens (including phenoxy) is 2. The zero-order valence-corrected chi connectivity index (χ0v) is 21.7. The molecular formula is C28H52O4. The lowest BCUT2D eigenvalue weighted by molar-refractivity contribution is -0.149. The molecule has 0 aromatic heterocycles. The van der Waals surface area contributed by atoms with Crippen molar-refractivity contribution in [2.75, 3.05) is 0 Å². The van der Waals surface area contributed by atoms with E-state index in [1.807, 2.05) is 27.7 Å². The molecule has 188 valence electrons. The van der Waals surface area contributed by atoms with E-state index in [0.717, 1.165) is 38.5 Å². The first-order valence-electron chi connectivity index (χ1n) is 13.5. The fraction of sp³-hybridized carbons (Fsp3) is 0.857. The number of hydrogen-bond donors (Lipinski definition) is 0. The minimum atomic E-state index is -0.0805. The van der Waals surface area contributed by atoms with E-state index >= 15 is 0 Å². The van der Waals surface area contributed by atoms with E-state index in [9.17, 15) is 9.59 Å². The zero-order valence-electron chi connectivity index (χ0n) is 21.7. The summed E-state index contributed by atoms with van der Waals surface area (Å²) >= 11 is 0. The van der Waals surface area contributed by atoms with Crippen LogP contribution in [0.15, 0.2) is 12.2 Å². The normalized spacial score (nSPS) is 13.2. The SMILES string of the molecule is CCC(C)OC(=O)CC/C=C/CCCCCCCCCCCCCCC(=O)OC(C)CC. The topological polar surface area (TPSA) is 52.6 Å². The van der Waals surface area contributed by atoms with Crippen LogP contribution in [0.25, 0.3) is 0 Å². The van der Waals surface area contributed by atoms with Crippen molar-refractivity contribution in [2.24, 2.45) is 0 Å². The summed E-state index contributed by atoms with van der Waals surface area (Å²) in [6.45, 7) is 7.96. The Morgan fingerprint density at radius 2 is 0.938 bits per heavy atom. The van der Waals surface area contributed by atoms with E-state index in [1.165, 1.54) is 64.2 Å². The second-order valence-corrected chi connectivity index (χ2v) is 9.21. The molecule has 0 saturated heterocycles. The van der Waals surface area contributed by atoms with Crippen LogP contribution in [0.1, 0.15) is 143 Å². The minimum absolute atomic E-state index is 0.0329. The average Bonchev–Trinajstić information content (AvgIpc) is 2.77. The highest BCUT2D eigenvalue weighted by molar-refractivity contribution is 5.69. The zero-order chi connectivity index (χ0) is 23.9. The van der Waals surface area contributed by atoms with Gasteiger partial charge in [0, 0.05) is 12.8 Å². The Hall–Kier alpha value is -1.32. The molecule has 2 unspecified atom stereocenters. The van der Waals surface area contributed by atoms with E-state index in [0.29, 0.717) is 12.8 Å². The Morgan fingerprint density at radius 1 is 0.562 bits per heavy atom. The molecule has 0 heterocycles. The molecule has 0 aliphatic heterocycles. The van der Waals surface area contributed by atoms with Gasteiger partial charge < -0.3 is 9.47 Å². The Balaban J connectivity index is 3.27. The van der Waals surface area contributed by atoms with Crippen LogP contribution in [0, 0.1) is 0 Å². The molecule has 0 aliphatic carbocycles. The van der Waals surface area contributed by atoms with Gasteiger partial charge >= 0.3 is 11.9 Å². The fourth-order valence-corrected chi connectivity index (χ4v) is 3.47. The molecule has 0 N–H and O–H groups in total. The summed E-state index contributed by atoms with van der Waals surface area (Å²) in [7, 11) is 0. The van der Waals surface area contributed by atoms with Gasteiger partial charge in [-0.25, -0.2) is 0 Å². The standard InChI is InChI=1S/C28H52O4/c1-5-25(3)31-27(29)23-21-19-17-15-13-11-9-7-8-10-12-14-16-18-20-22-24-28(30)32-26(4)6-2/h17,19,25-26H,5-16,18,20-24H2,1-4H3/b19-17+. The number of carbonyl (C=O) groups is 2. The van der Waals surface area contributed by atoms with Gasteiger partial charge in [-0.05, 0) is 52.4 Å². The van der Waals surface area contributed by atoms with Crippen LogP contribution in [0.4, 0.5) is 0 Å². The van der Waals surface area contributed by atoms with Gasteiger partial charge in [0.2, 0.25) is 0 Å². The van der Waals surface area contributed by atoms with Crippen molar-refractivity contribution in [3.8, 4) is 0 Å². The summed E-state index contributed by atoms with van der Waals surface area (Å²) in [6, 6.07) is 0. The van der Waals surface area contributed by atoms with Gasteiger partial charge in [-0.3, -0.25) is 9.59 Å². The summed E-state index contributed by atoms with van der Waals surface area (Å²) in [5.74, 6) is -0.113. The first kappa shape index (κ1) is 30.7. The van der Waals surface area contributed by atoms with E-state index < -0.39 is 0 Å². The predicted molar refractivity (Wildman–Crippen MR) is 135 cm³/mol. The van der Waals surface area contributed by atoms with Crippen molar-refractivity contribution in [3.63, 3.8) is 0 Å². The van der Waals surface area contributed by atoms with E-state index in [-0.39, 0.29) is 24.1 Å². The summed E-state index contributed by atoms with van der Waals surface area (Å²) in [5, 5.41) is 0. The number of carbonyl (C=O) groups excluding carboxylic acids is 2. The Morgan fingerprint density at radius 3 is 1.41 bits per heavy atom. The lowest BCUT2D eigenvalue weighted by atomic mass is 10.0. The maximum Gasteiger partial charge on any atom is 0.306 e. The van der Waals surface area contributed by atoms with Crippen LogP contribution in [-0.2, 0) is 19.1 Å². The monoisotopic (exact) mass is 452 g/mol. The molecule has 4 heteroatoms. The molecule has 0 rings (SSSR count). The largest absolute Gasteiger partial charge is 0.463 e. The first-order chi connectivity index (χ1) is 15.5. The smallest absolute Gasteiger partial charge is 0.306 e. The summed E-state index contributed by atoms with van der Waals surface area (Å²) < 4.78 is 10.6. The molecule has 0 radical (unpaired) electrons. The fourth-order valence-electron chi connectivity index (χ4n) is 3.47. The van der Waals surface area contributed by atoms with Crippen LogP contribution in [0.3, 0.4) is 0 Å². The van der Waals surface area contributed by atoms with Gasteiger partial charge in [0.1, 0.15) is 0 Å². The van der Waals surface area contributed by atoms with Crippen molar-refractivity contribution < 1.29 is 19.1 Å². The van der Waals surface area contributed by atoms with Gasteiger partial charge in [0.05, 0.1) is 12.2 Å². The van der Waals surface area contributed by atoms with Gasteiger partial charge in [-0.2, -0.15) is 0 Å². The molecule has 0 amide bonds. The molecule has 0 spiro atoms. The van der Waals surface area contributed by atoms with Crippen LogP contribution in [-0.4, -0.2) is 24.1 Å². The molecule has 0 bridgehead atoms. The lowest BCUT2D eigenvalue weighted by Crippen LogP contribution is -2.13. The van der Waals surface area contributed by atoms with Crippen molar-refractivity contribution in [2.45, 2.75) is 155 Å². The summed E-state index contributed by atoms with van der Waals surface area (Å²) in [6.07, 6.45) is 24.4. The van der Waals surface area contributed by atoms with Gasteiger partial charge in [-0.1, -0.05) is 90.2 Å². The van der Waals surface area contributed by atoms with Crippen molar-refractivity contribution in [1.82, 2.24) is 0 Å². The van der Waals surface area contributed by atoms with Crippen molar-refractivity contribution in [3.05, 3.63) is 12.2 Å². The van der Waals surface area contributed by atoms with Gasteiger partial charge in [0.15, 0.2) is 0 Å². The highest BCUT2D eigenvalue weighted by atomic mass is 16.5. The van der Waals surface area contributed by atoms with E-state index in [2.05, 4.69) is 12.2 Å². The Bertz CT molecular complexity index is 472. The maximum absolute atomic E-state index is 11.6. The van der Waals surface area contributed by atoms with E-state index in [1.54, 1.807) is 0 Å². The van der Waals surface area contributed by atoms with E-state index in [4.69, 9.17) is 9.47 Å². The number of hydrogen-bond acceptors (Lipinski definition) is 4. The first-order valence-corrected chi connectivity index (χ1v) is 13.5. The van der Waals surface area contributed by atoms with Crippen LogP contribution >= 0.6 is 0 Å². The second-order valence-electron chi connectivity index (χ2n) is 9.21. The highest BCUT2D eigenvalue weighted by Gasteiger charge is 2.07. The number of allylic oxidation sites excluding steroid dienone is 2. The van der Waals surface area contributed by atoms with Crippen molar-refractivity contribution in [1.29, 1.82) is 0 Å². The number of unbranched alkanes of at least 4 members (excludes halogenated alkanes) is 12. The van der Waals surface area contributed by atoms with Crippen LogP contribution in [0.5, 0.6) is 0 Å². The second kappa shape index (κ2) is 22.9. The predicted octanol–water partition coefficient (Wildman–Crippen LogP) is 8.47. The van der Waals surface area contributed by atoms with Gasteiger partial charge in [-0.15, -0.1) is 0 Å². The van der Waals surface area contributed by atoms with Gasteiger partial charge in [0.25, 0.3) is 0 Å².